The van der Waals surface area contributed by atoms with E-state index in [1.54, 1.807) is 0 Å². The minimum Gasteiger partial charge on any atom is -0.353 e. The average Bonchev–Trinajstić information content (AvgIpc) is 3.59. The number of nitrogens with zero attached hydrogens (tertiary/aromatic N) is 3. The van der Waals surface area contributed by atoms with Gasteiger partial charge in [-0.3, -0.25) is 9.59 Å². The van der Waals surface area contributed by atoms with Gasteiger partial charge in [0.2, 0.25) is 11.8 Å². The van der Waals surface area contributed by atoms with E-state index < -0.39 is 0 Å². The first-order chi connectivity index (χ1) is 15.3. The second-order valence-corrected chi connectivity index (χ2v) is 9.51. The zero-order chi connectivity index (χ0) is 22.8. The van der Waals surface area contributed by atoms with Gasteiger partial charge in [-0.15, -0.1) is 0 Å². The normalized spacial score (nSPS) is 19.5. The van der Waals surface area contributed by atoms with Crippen LogP contribution in [0.2, 0.25) is 0 Å². The Morgan fingerprint density at radius 1 is 1.06 bits per heavy atom. The monoisotopic (exact) mass is 434 g/mol. The summed E-state index contributed by atoms with van der Waals surface area (Å²) in [6.07, 6.45) is 4.42. The minimum atomic E-state index is -0.161. The maximum atomic E-state index is 13.2. The molecule has 170 valence electrons. The Kier molecular flexibility index (Phi) is 6.58. The molecule has 32 heavy (non-hydrogen) atoms. The Balaban J connectivity index is 1.44. The number of hydrogen-bond acceptors (Lipinski definition) is 4. The molecular weight excluding hydrogens is 400 g/mol. The van der Waals surface area contributed by atoms with Crippen molar-refractivity contribution >= 4 is 11.8 Å². The second-order valence-electron chi connectivity index (χ2n) is 9.51. The third-order valence-electron chi connectivity index (χ3n) is 6.76. The fraction of sp³-hybridized carbons (Fsp3) is 0.538. The number of likely N-dealkylation sites (tertiary alicyclic amines) is 1. The molecule has 2 amide bonds. The molecule has 0 bridgehead atoms. The predicted molar refractivity (Wildman–Crippen MR) is 125 cm³/mol. The lowest BCUT2D eigenvalue weighted by molar-refractivity contribution is -0.133. The first-order valence-electron chi connectivity index (χ1n) is 11.8. The molecule has 0 spiro atoms. The topological polar surface area (TPSA) is 75.2 Å². The van der Waals surface area contributed by atoms with Crippen LogP contribution in [0.5, 0.6) is 0 Å². The Morgan fingerprint density at radius 2 is 1.72 bits per heavy atom. The van der Waals surface area contributed by atoms with Gasteiger partial charge in [0.15, 0.2) is 0 Å². The number of rotatable bonds is 6. The third-order valence-corrected chi connectivity index (χ3v) is 6.76. The van der Waals surface area contributed by atoms with Gasteiger partial charge in [0.1, 0.15) is 5.82 Å². The van der Waals surface area contributed by atoms with E-state index in [9.17, 15) is 9.59 Å². The summed E-state index contributed by atoms with van der Waals surface area (Å²) in [5.74, 6) is 0.984. The highest BCUT2D eigenvalue weighted by molar-refractivity contribution is 5.83. The number of piperidine rings is 1. The fourth-order valence-corrected chi connectivity index (χ4v) is 4.53. The number of aryl methyl sites for hydroxylation is 3. The largest absolute Gasteiger partial charge is 0.353 e. The Labute approximate surface area is 190 Å². The fourth-order valence-electron chi connectivity index (χ4n) is 4.53. The quantitative estimate of drug-likeness (QED) is 0.752. The maximum Gasteiger partial charge on any atom is 0.229 e. The Hall–Kier alpha value is -2.76. The van der Waals surface area contributed by atoms with Crippen LogP contribution in [-0.2, 0) is 16.0 Å². The van der Waals surface area contributed by atoms with E-state index in [2.05, 4.69) is 24.4 Å². The molecule has 1 aromatic carbocycles. The zero-order valence-electron chi connectivity index (χ0n) is 19.6. The number of benzene rings is 1. The number of carbonyl (C=O) groups excluding carboxylic acids is 2. The predicted octanol–water partition coefficient (Wildman–Crippen LogP) is 3.73. The van der Waals surface area contributed by atoms with Gasteiger partial charge < -0.3 is 10.2 Å². The smallest absolute Gasteiger partial charge is 0.229 e. The van der Waals surface area contributed by atoms with Crippen LogP contribution in [0.15, 0.2) is 24.3 Å². The zero-order valence-corrected chi connectivity index (χ0v) is 19.6. The van der Waals surface area contributed by atoms with Crippen LogP contribution >= 0.6 is 0 Å². The second kappa shape index (κ2) is 9.39. The summed E-state index contributed by atoms with van der Waals surface area (Å²) in [4.78, 5) is 37.0. The number of carbonyl (C=O) groups is 2. The van der Waals surface area contributed by atoms with Gasteiger partial charge in [-0.2, -0.15) is 0 Å². The Bertz CT molecular complexity index is 974. The van der Waals surface area contributed by atoms with Crippen LogP contribution in [0.25, 0.3) is 0 Å². The van der Waals surface area contributed by atoms with Crippen molar-refractivity contribution in [1.82, 2.24) is 20.2 Å². The summed E-state index contributed by atoms with van der Waals surface area (Å²) in [6, 6.07) is 8.57. The van der Waals surface area contributed by atoms with Crippen molar-refractivity contribution in [2.45, 2.75) is 77.7 Å². The van der Waals surface area contributed by atoms with Crippen LogP contribution in [0.3, 0.4) is 0 Å². The van der Waals surface area contributed by atoms with Crippen molar-refractivity contribution in [3.05, 3.63) is 58.2 Å². The van der Waals surface area contributed by atoms with Crippen molar-refractivity contribution in [3.8, 4) is 0 Å². The van der Waals surface area contributed by atoms with Crippen LogP contribution < -0.4 is 5.32 Å². The van der Waals surface area contributed by atoms with Crippen molar-refractivity contribution in [1.29, 1.82) is 0 Å². The highest BCUT2D eigenvalue weighted by atomic mass is 16.2. The number of amides is 2. The summed E-state index contributed by atoms with van der Waals surface area (Å²) in [5, 5.41) is 3.04. The molecule has 0 radical (unpaired) electrons. The van der Waals surface area contributed by atoms with E-state index in [0.29, 0.717) is 19.0 Å². The molecule has 2 aliphatic rings. The number of nitrogens with one attached hydrogen (secondary N) is 1. The molecule has 1 aromatic heterocycles. The molecule has 1 aliphatic heterocycles. The molecule has 6 nitrogen and oxygen atoms in total. The molecule has 1 saturated carbocycles. The number of aromatic nitrogens is 2. The third kappa shape index (κ3) is 5.17. The molecule has 2 aromatic rings. The Morgan fingerprint density at radius 3 is 2.34 bits per heavy atom. The van der Waals surface area contributed by atoms with Gasteiger partial charge in [0.05, 0.1) is 12.3 Å². The van der Waals surface area contributed by atoms with Gasteiger partial charge in [-0.25, -0.2) is 9.97 Å². The van der Waals surface area contributed by atoms with E-state index in [1.165, 1.54) is 5.56 Å². The molecule has 6 heteroatoms. The van der Waals surface area contributed by atoms with E-state index in [1.807, 2.05) is 37.8 Å². The number of hydrogen-bond donors (Lipinski definition) is 1. The van der Waals surface area contributed by atoms with Crippen molar-refractivity contribution in [3.63, 3.8) is 0 Å². The van der Waals surface area contributed by atoms with Gasteiger partial charge >= 0.3 is 0 Å². The molecule has 2 heterocycles. The summed E-state index contributed by atoms with van der Waals surface area (Å²) in [6.45, 7) is 9.40. The summed E-state index contributed by atoms with van der Waals surface area (Å²) in [7, 11) is 0. The van der Waals surface area contributed by atoms with E-state index in [-0.39, 0.29) is 23.7 Å². The highest BCUT2D eigenvalue weighted by Crippen LogP contribution is 2.29. The molecule has 2 fully saturated rings. The van der Waals surface area contributed by atoms with E-state index >= 15 is 0 Å². The molecule has 1 aliphatic carbocycles. The summed E-state index contributed by atoms with van der Waals surface area (Å²) >= 11 is 0. The van der Waals surface area contributed by atoms with Crippen molar-refractivity contribution in [2.24, 2.45) is 0 Å². The SMILES string of the molecule is Cc1ccc([C@@H](C)C(=O)N2CCC[C@@H](c3nc(C)c(CC(=O)NC4CC4)c(C)n3)C2)cc1. The lowest BCUT2D eigenvalue weighted by Crippen LogP contribution is -2.41. The molecule has 1 N–H and O–H groups in total. The highest BCUT2D eigenvalue weighted by Gasteiger charge is 2.30. The van der Waals surface area contributed by atoms with Crippen LogP contribution in [-0.4, -0.2) is 45.8 Å². The van der Waals surface area contributed by atoms with Crippen LogP contribution in [0.1, 0.15) is 78.3 Å². The van der Waals surface area contributed by atoms with E-state index in [4.69, 9.17) is 9.97 Å². The minimum absolute atomic E-state index is 0.0505. The summed E-state index contributed by atoms with van der Waals surface area (Å²) in [5.41, 5.74) is 4.91. The van der Waals surface area contributed by atoms with Crippen molar-refractivity contribution < 1.29 is 9.59 Å². The van der Waals surface area contributed by atoms with E-state index in [0.717, 1.165) is 60.6 Å². The maximum absolute atomic E-state index is 13.2. The van der Waals surface area contributed by atoms with Gasteiger partial charge in [0.25, 0.3) is 0 Å². The average molecular weight is 435 g/mol. The first-order valence-corrected chi connectivity index (χ1v) is 11.8. The van der Waals surface area contributed by atoms with Gasteiger partial charge in [-0.1, -0.05) is 29.8 Å². The lowest BCUT2D eigenvalue weighted by Gasteiger charge is -2.34. The van der Waals surface area contributed by atoms with Crippen LogP contribution in [0.4, 0.5) is 0 Å². The lowest BCUT2D eigenvalue weighted by atomic mass is 9.93. The molecule has 2 atom stereocenters. The standard InChI is InChI=1S/C26H34N4O2/c1-16-7-9-20(10-8-16)17(2)26(32)30-13-5-6-21(15-30)25-27-18(3)23(19(4)28-25)14-24(31)29-22-11-12-22/h7-10,17,21-22H,5-6,11-15H2,1-4H3,(H,29,31)/t17-,21-/m1/s1. The first kappa shape index (κ1) is 22.4. The molecular formula is C26H34N4O2. The molecule has 4 rings (SSSR count). The van der Waals surface area contributed by atoms with Crippen molar-refractivity contribution in [2.75, 3.05) is 13.1 Å². The molecule has 1 saturated heterocycles. The molecule has 0 unspecified atom stereocenters. The summed E-state index contributed by atoms with van der Waals surface area (Å²) < 4.78 is 0. The van der Waals surface area contributed by atoms with Crippen LogP contribution in [0, 0.1) is 20.8 Å². The van der Waals surface area contributed by atoms with Gasteiger partial charge in [0, 0.05) is 42.0 Å². The van der Waals surface area contributed by atoms with Gasteiger partial charge in [-0.05, 0) is 58.9 Å².